The molecule has 1 heterocycles. The molecule has 2 amide bonds. The molecular formula is C23H20N2O3. The van der Waals surface area contributed by atoms with Gasteiger partial charge in [0.05, 0.1) is 25.2 Å². The van der Waals surface area contributed by atoms with Crippen molar-refractivity contribution in [2.75, 3.05) is 7.11 Å². The summed E-state index contributed by atoms with van der Waals surface area (Å²) >= 11 is 0. The normalized spacial score (nSPS) is 35.0. The summed E-state index contributed by atoms with van der Waals surface area (Å²) in [5, 5.41) is 7.53. The third-order valence-electron chi connectivity index (χ3n) is 7.09. The van der Waals surface area contributed by atoms with Gasteiger partial charge in [0.2, 0.25) is 0 Å². The predicted molar refractivity (Wildman–Crippen MR) is 105 cm³/mol. The van der Waals surface area contributed by atoms with Crippen molar-refractivity contribution in [2.45, 2.75) is 6.42 Å². The number of nitrogens with zero attached hydrogens (tertiary/aromatic N) is 2. The van der Waals surface area contributed by atoms with E-state index in [1.54, 1.807) is 13.3 Å². The molecule has 5 aliphatic rings. The lowest BCUT2D eigenvalue weighted by Gasteiger charge is -2.37. The zero-order chi connectivity index (χ0) is 19.0. The largest absolute Gasteiger partial charge is 0.496 e. The maximum atomic E-state index is 13.1. The van der Waals surface area contributed by atoms with Crippen LogP contribution >= 0.6 is 0 Å². The van der Waals surface area contributed by atoms with Gasteiger partial charge in [-0.1, -0.05) is 42.5 Å². The fourth-order valence-corrected chi connectivity index (χ4v) is 5.76. The van der Waals surface area contributed by atoms with Crippen LogP contribution in [0.25, 0.3) is 10.8 Å². The van der Waals surface area contributed by atoms with Crippen molar-refractivity contribution in [3.8, 4) is 5.75 Å². The Hall–Kier alpha value is -2.95. The Balaban J connectivity index is 1.38. The van der Waals surface area contributed by atoms with Gasteiger partial charge in [0.15, 0.2) is 0 Å². The summed E-state index contributed by atoms with van der Waals surface area (Å²) < 4.78 is 5.49. The van der Waals surface area contributed by atoms with Gasteiger partial charge in [-0.05, 0) is 46.9 Å². The fourth-order valence-electron chi connectivity index (χ4n) is 5.76. The molecule has 5 nitrogen and oxygen atoms in total. The maximum Gasteiger partial charge on any atom is 0.254 e. The second-order valence-electron chi connectivity index (χ2n) is 8.29. The molecule has 0 aromatic heterocycles. The lowest BCUT2D eigenvalue weighted by atomic mass is 9.63. The number of carbonyl (C=O) groups excluding carboxylic acids is 2. The highest BCUT2D eigenvalue weighted by Gasteiger charge is 2.67. The molecule has 28 heavy (non-hydrogen) atoms. The Bertz CT molecular complexity index is 1050. The molecule has 3 fully saturated rings. The van der Waals surface area contributed by atoms with Gasteiger partial charge in [-0.15, -0.1) is 0 Å². The number of methoxy groups -OCH3 is 1. The Labute approximate surface area is 162 Å². The number of hydrazone groups is 1. The SMILES string of the molecule is COc1ccc2ccccc2c1/C=N\N1C(=O)[C@H]2[C@@H]3C=C[C@H]([C@H]4C[C@H]34)[C@@H]2C1=O. The van der Waals surface area contributed by atoms with E-state index in [1.807, 2.05) is 36.4 Å². The van der Waals surface area contributed by atoms with Gasteiger partial charge in [-0.25, -0.2) is 0 Å². The number of rotatable bonds is 3. The van der Waals surface area contributed by atoms with Crippen LogP contribution in [-0.2, 0) is 9.59 Å². The van der Waals surface area contributed by atoms with Gasteiger partial charge in [0.1, 0.15) is 5.75 Å². The summed E-state index contributed by atoms with van der Waals surface area (Å²) in [5.41, 5.74) is 0.778. The van der Waals surface area contributed by atoms with Crippen LogP contribution < -0.4 is 4.74 Å². The molecule has 2 saturated carbocycles. The highest BCUT2D eigenvalue weighted by molar-refractivity contribution is 6.08. The van der Waals surface area contributed by atoms with Crippen molar-refractivity contribution in [2.24, 2.45) is 40.6 Å². The van der Waals surface area contributed by atoms with Gasteiger partial charge in [-0.3, -0.25) is 9.59 Å². The molecule has 4 aliphatic carbocycles. The molecule has 2 aromatic rings. The molecular weight excluding hydrogens is 352 g/mol. The number of benzene rings is 2. The van der Waals surface area contributed by atoms with Crippen LogP contribution in [0, 0.1) is 35.5 Å². The first kappa shape index (κ1) is 16.0. The van der Waals surface area contributed by atoms with Crippen LogP contribution in [0.15, 0.2) is 53.7 Å². The molecule has 1 aliphatic heterocycles. The first-order valence-corrected chi connectivity index (χ1v) is 9.85. The highest BCUT2D eigenvalue weighted by Crippen LogP contribution is 2.65. The standard InChI is InChI=1S/C23H20N2O3/c1-28-19-9-6-12-4-2-3-5-13(12)18(19)11-24-25-22(26)20-14-7-8-15(17-10-16(14)17)21(20)23(25)27/h2-9,11,14-17,20-21H,10H2,1H3/b24-11-/t14-,15-,16-,17-,20+,21+/m1/s1. The molecule has 0 radical (unpaired) electrons. The van der Waals surface area contributed by atoms with E-state index in [-0.39, 0.29) is 35.5 Å². The van der Waals surface area contributed by atoms with Crippen molar-refractivity contribution in [1.82, 2.24) is 5.01 Å². The number of allylic oxidation sites excluding steroid dienone is 2. The molecule has 0 unspecified atom stereocenters. The quantitative estimate of drug-likeness (QED) is 0.472. The number of imide groups is 1. The van der Waals surface area contributed by atoms with Crippen LogP contribution in [0.2, 0.25) is 0 Å². The average molecular weight is 372 g/mol. The van der Waals surface area contributed by atoms with E-state index in [0.717, 1.165) is 27.8 Å². The predicted octanol–water partition coefficient (Wildman–Crippen LogP) is 3.24. The Morgan fingerprint density at radius 2 is 1.68 bits per heavy atom. The van der Waals surface area contributed by atoms with Crippen LogP contribution in [0.3, 0.4) is 0 Å². The highest BCUT2D eigenvalue weighted by atomic mass is 16.5. The fraction of sp³-hybridized carbons (Fsp3) is 0.348. The minimum atomic E-state index is -0.224. The van der Waals surface area contributed by atoms with Gasteiger partial charge in [0.25, 0.3) is 11.8 Å². The lowest BCUT2D eigenvalue weighted by Crippen LogP contribution is -2.40. The summed E-state index contributed by atoms with van der Waals surface area (Å²) in [7, 11) is 1.61. The van der Waals surface area contributed by atoms with Crippen molar-refractivity contribution >= 4 is 28.8 Å². The molecule has 140 valence electrons. The monoisotopic (exact) mass is 372 g/mol. The van der Waals surface area contributed by atoms with E-state index in [9.17, 15) is 9.59 Å². The maximum absolute atomic E-state index is 13.1. The first-order valence-electron chi connectivity index (χ1n) is 9.85. The minimum absolute atomic E-state index is 0.143. The molecule has 2 aromatic carbocycles. The second-order valence-corrected chi connectivity index (χ2v) is 8.29. The van der Waals surface area contributed by atoms with Crippen molar-refractivity contribution in [1.29, 1.82) is 0 Å². The molecule has 5 heteroatoms. The number of carbonyl (C=O) groups is 2. The summed E-state index contributed by atoms with van der Waals surface area (Å²) in [6.45, 7) is 0. The zero-order valence-electron chi connectivity index (χ0n) is 15.5. The van der Waals surface area contributed by atoms with Gasteiger partial charge in [0, 0.05) is 5.56 Å². The van der Waals surface area contributed by atoms with E-state index in [2.05, 4.69) is 17.3 Å². The second kappa shape index (κ2) is 5.53. The topological polar surface area (TPSA) is 59.0 Å². The van der Waals surface area contributed by atoms with E-state index in [0.29, 0.717) is 17.6 Å². The van der Waals surface area contributed by atoms with Crippen molar-refractivity contribution in [3.05, 3.63) is 54.1 Å². The van der Waals surface area contributed by atoms with Crippen LogP contribution in [-0.4, -0.2) is 30.1 Å². The Morgan fingerprint density at radius 1 is 1.00 bits per heavy atom. The van der Waals surface area contributed by atoms with Crippen LogP contribution in [0.1, 0.15) is 12.0 Å². The van der Waals surface area contributed by atoms with Crippen LogP contribution in [0.4, 0.5) is 0 Å². The smallest absolute Gasteiger partial charge is 0.254 e. The van der Waals surface area contributed by atoms with E-state index < -0.39 is 0 Å². The number of ether oxygens (including phenoxy) is 1. The molecule has 0 N–H and O–H groups in total. The van der Waals surface area contributed by atoms with E-state index >= 15 is 0 Å². The van der Waals surface area contributed by atoms with Gasteiger partial charge >= 0.3 is 0 Å². The average Bonchev–Trinajstić information content (AvgIpc) is 3.51. The third kappa shape index (κ3) is 1.99. The summed E-state index contributed by atoms with van der Waals surface area (Å²) in [6.07, 6.45) is 7.11. The zero-order valence-corrected chi connectivity index (χ0v) is 15.5. The van der Waals surface area contributed by atoms with Gasteiger partial charge in [-0.2, -0.15) is 10.1 Å². The lowest BCUT2D eigenvalue weighted by molar-refractivity contribution is -0.140. The summed E-state index contributed by atoms with van der Waals surface area (Å²) in [5.74, 6) is 1.54. The van der Waals surface area contributed by atoms with Gasteiger partial charge < -0.3 is 4.74 Å². The third-order valence-corrected chi connectivity index (χ3v) is 7.09. The molecule has 2 bridgehead atoms. The molecule has 6 atom stereocenters. The number of amides is 2. The van der Waals surface area contributed by atoms with Crippen LogP contribution in [0.5, 0.6) is 5.75 Å². The Kier molecular flexibility index (Phi) is 3.17. The number of hydrogen-bond donors (Lipinski definition) is 0. The molecule has 1 saturated heterocycles. The van der Waals surface area contributed by atoms with E-state index in [4.69, 9.17) is 4.74 Å². The molecule has 0 spiro atoms. The molecule has 7 rings (SSSR count). The number of fused-ring (bicyclic) bond motifs is 1. The van der Waals surface area contributed by atoms with Crippen molar-refractivity contribution < 1.29 is 14.3 Å². The minimum Gasteiger partial charge on any atom is -0.496 e. The summed E-state index contributed by atoms with van der Waals surface area (Å²) in [6, 6.07) is 11.8. The number of hydrogen-bond acceptors (Lipinski definition) is 4. The Morgan fingerprint density at radius 3 is 2.36 bits per heavy atom. The van der Waals surface area contributed by atoms with Crippen molar-refractivity contribution in [3.63, 3.8) is 0 Å². The summed E-state index contributed by atoms with van der Waals surface area (Å²) in [4.78, 5) is 26.1. The van der Waals surface area contributed by atoms with E-state index in [1.165, 1.54) is 0 Å². The first-order chi connectivity index (χ1) is 13.7.